The Kier molecular flexibility index (Phi) is 7.29. The van der Waals surface area contributed by atoms with Crippen LogP contribution < -0.4 is 5.32 Å². The first-order chi connectivity index (χ1) is 14.2. The van der Waals surface area contributed by atoms with Crippen LogP contribution in [0.1, 0.15) is 12.0 Å². The molecule has 4 rings (SSSR count). The van der Waals surface area contributed by atoms with Crippen LogP contribution in [0.5, 0.6) is 0 Å². The zero-order chi connectivity index (χ0) is 20.1. The second-order valence-electron chi connectivity index (χ2n) is 6.34. The van der Waals surface area contributed by atoms with Crippen LogP contribution in [0.15, 0.2) is 64.5 Å². The van der Waals surface area contributed by atoms with E-state index in [2.05, 4.69) is 20.4 Å². The van der Waals surface area contributed by atoms with Crippen LogP contribution in [0, 0.1) is 0 Å². The van der Waals surface area contributed by atoms with Crippen molar-refractivity contribution in [3.8, 4) is 33.5 Å². The SMILES string of the molecule is Cl.O=C(O)CCNCc1ccc(-c2noc(-c3csc(-c4ccccc4)n3)n2)cc1. The average Bonchev–Trinajstić information content (AvgIpc) is 3.42. The summed E-state index contributed by atoms with van der Waals surface area (Å²) < 4.78 is 5.40. The van der Waals surface area contributed by atoms with E-state index in [1.54, 1.807) is 0 Å². The molecule has 0 aliphatic rings. The minimum atomic E-state index is -0.809. The lowest BCUT2D eigenvalue weighted by molar-refractivity contribution is -0.136. The van der Waals surface area contributed by atoms with E-state index in [0.717, 1.165) is 21.7 Å². The molecule has 0 aliphatic carbocycles. The molecule has 0 radical (unpaired) electrons. The highest BCUT2D eigenvalue weighted by Gasteiger charge is 2.14. The molecule has 2 aromatic carbocycles. The Bertz CT molecular complexity index is 1100. The fourth-order valence-corrected chi connectivity index (χ4v) is 3.53. The van der Waals surface area contributed by atoms with Gasteiger partial charge in [-0.05, 0) is 5.56 Å². The van der Waals surface area contributed by atoms with E-state index in [1.807, 2.05) is 60.0 Å². The molecule has 7 nitrogen and oxygen atoms in total. The topological polar surface area (TPSA) is 101 Å². The monoisotopic (exact) mass is 442 g/mol. The summed E-state index contributed by atoms with van der Waals surface area (Å²) in [6.07, 6.45) is 0.103. The molecule has 0 spiro atoms. The van der Waals surface area contributed by atoms with Crippen LogP contribution in [0.25, 0.3) is 33.5 Å². The Morgan fingerprint density at radius 2 is 1.80 bits per heavy atom. The Labute approximate surface area is 183 Å². The number of rotatable bonds is 8. The number of carboxylic acids is 1. The third kappa shape index (κ3) is 5.29. The van der Waals surface area contributed by atoms with Gasteiger partial charge in [-0.15, -0.1) is 23.7 Å². The van der Waals surface area contributed by atoms with Crippen molar-refractivity contribution in [2.75, 3.05) is 6.54 Å². The third-order valence-corrected chi connectivity index (χ3v) is 5.12. The van der Waals surface area contributed by atoms with Crippen LogP contribution in [-0.4, -0.2) is 32.7 Å². The summed E-state index contributed by atoms with van der Waals surface area (Å²) in [5.41, 5.74) is 3.60. The van der Waals surface area contributed by atoms with Gasteiger partial charge in [0.25, 0.3) is 5.89 Å². The number of nitrogens with zero attached hydrogens (tertiary/aromatic N) is 3. The largest absolute Gasteiger partial charge is 0.481 e. The van der Waals surface area contributed by atoms with Gasteiger partial charge in [0, 0.05) is 29.6 Å². The molecular formula is C21H19ClN4O3S. The number of thiazole rings is 1. The second kappa shape index (κ2) is 10.1. The number of carboxylic acid groups (broad SMARTS) is 1. The Morgan fingerprint density at radius 3 is 2.53 bits per heavy atom. The first-order valence-electron chi connectivity index (χ1n) is 9.06. The zero-order valence-corrected chi connectivity index (χ0v) is 17.4. The molecule has 2 N–H and O–H groups in total. The maximum atomic E-state index is 10.5. The lowest BCUT2D eigenvalue weighted by atomic mass is 10.1. The van der Waals surface area contributed by atoms with Gasteiger partial charge in [-0.1, -0.05) is 59.8 Å². The Hall–Kier alpha value is -3.07. The Morgan fingerprint density at radius 1 is 1.03 bits per heavy atom. The molecular weight excluding hydrogens is 424 g/mol. The maximum absolute atomic E-state index is 10.5. The molecule has 0 unspecified atom stereocenters. The number of hydrogen-bond acceptors (Lipinski definition) is 7. The molecule has 0 fully saturated rings. The van der Waals surface area contributed by atoms with Gasteiger partial charge in [-0.3, -0.25) is 4.79 Å². The highest BCUT2D eigenvalue weighted by atomic mass is 35.5. The zero-order valence-electron chi connectivity index (χ0n) is 15.8. The van der Waals surface area contributed by atoms with Gasteiger partial charge in [0.05, 0.1) is 6.42 Å². The molecule has 0 saturated carbocycles. The van der Waals surface area contributed by atoms with Gasteiger partial charge < -0.3 is 14.9 Å². The van der Waals surface area contributed by atoms with Gasteiger partial charge in [0.1, 0.15) is 10.7 Å². The highest BCUT2D eigenvalue weighted by Crippen LogP contribution is 2.29. The normalized spacial score (nSPS) is 10.5. The first kappa shape index (κ1) is 21.6. The van der Waals surface area contributed by atoms with E-state index >= 15 is 0 Å². The summed E-state index contributed by atoms with van der Waals surface area (Å²) >= 11 is 1.53. The van der Waals surface area contributed by atoms with Crippen LogP contribution in [0.3, 0.4) is 0 Å². The van der Waals surface area contributed by atoms with Gasteiger partial charge in [-0.2, -0.15) is 4.98 Å². The van der Waals surface area contributed by atoms with Crippen molar-refractivity contribution in [2.45, 2.75) is 13.0 Å². The van der Waals surface area contributed by atoms with Crippen molar-refractivity contribution in [2.24, 2.45) is 0 Å². The predicted molar refractivity (Wildman–Crippen MR) is 117 cm³/mol. The minimum Gasteiger partial charge on any atom is -0.481 e. The summed E-state index contributed by atoms with van der Waals surface area (Å²) in [4.78, 5) is 19.6. The summed E-state index contributed by atoms with van der Waals surface area (Å²) in [7, 11) is 0. The summed E-state index contributed by atoms with van der Waals surface area (Å²) in [6.45, 7) is 1.04. The number of aromatic nitrogens is 3. The number of carbonyl (C=O) groups is 1. The van der Waals surface area contributed by atoms with E-state index in [-0.39, 0.29) is 18.8 Å². The van der Waals surface area contributed by atoms with E-state index in [9.17, 15) is 4.79 Å². The van der Waals surface area contributed by atoms with Crippen LogP contribution >= 0.6 is 23.7 Å². The first-order valence-corrected chi connectivity index (χ1v) is 9.94. The number of aliphatic carboxylic acids is 1. The third-order valence-electron chi connectivity index (χ3n) is 4.23. The van der Waals surface area contributed by atoms with Gasteiger partial charge in [0.2, 0.25) is 5.82 Å². The van der Waals surface area contributed by atoms with Crippen molar-refractivity contribution >= 4 is 29.7 Å². The molecule has 30 heavy (non-hydrogen) atoms. The van der Waals surface area contributed by atoms with Gasteiger partial charge >= 0.3 is 5.97 Å². The number of nitrogens with one attached hydrogen (secondary N) is 1. The lowest BCUT2D eigenvalue weighted by Crippen LogP contribution is -2.17. The molecule has 154 valence electrons. The van der Waals surface area contributed by atoms with Crippen molar-refractivity contribution in [3.05, 3.63) is 65.5 Å². The summed E-state index contributed by atoms with van der Waals surface area (Å²) in [6, 6.07) is 17.7. The minimum absolute atomic E-state index is 0. The van der Waals surface area contributed by atoms with Crippen molar-refractivity contribution in [1.29, 1.82) is 0 Å². The van der Waals surface area contributed by atoms with E-state index in [1.165, 1.54) is 11.3 Å². The fraction of sp³-hybridized carbons (Fsp3) is 0.143. The lowest BCUT2D eigenvalue weighted by Gasteiger charge is -2.03. The maximum Gasteiger partial charge on any atom is 0.304 e. The number of benzene rings is 2. The van der Waals surface area contributed by atoms with Crippen molar-refractivity contribution < 1.29 is 14.4 Å². The Balaban J connectivity index is 0.00000256. The quantitative estimate of drug-likeness (QED) is 0.387. The van der Waals surface area contributed by atoms with E-state index < -0.39 is 5.97 Å². The molecule has 4 aromatic rings. The van der Waals surface area contributed by atoms with E-state index in [4.69, 9.17) is 9.63 Å². The predicted octanol–water partition coefficient (Wildman–Crippen LogP) is 4.51. The summed E-state index contributed by atoms with van der Waals surface area (Å²) in [5.74, 6) is 0.0780. The second-order valence-corrected chi connectivity index (χ2v) is 7.20. The van der Waals surface area contributed by atoms with E-state index in [0.29, 0.717) is 30.5 Å². The highest BCUT2D eigenvalue weighted by molar-refractivity contribution is 7.13. The van der Waals surface area contributed by atoms with Crippen LogP contribution in [0.2, 0.25) is 0 Å². The van der Waals surface area contributed by atoms with Crippen LogP contribution in [-0.2, 0) is 11.3 Å². The van der Waals surface area contributed by atoms with Crippen LogP contribution in [0.4, 0.5) is 0 Å². The molecule has 0 amide bonds. The van der Waals surface area contributed by atoms with Gasteiger partial charge in [-0.25, -0.2) is 4.98 Å². The number of halogens is 1. The molecule has 0 bridgehead atoms. The average molecular weight is 443 g/mol. The smallest absolute Gasteiger partial charge is 0.304 e. The van der Waals surface area contributed by atoms with Crippen molar-refractivity contribution in [1.82, 2.24) is 20.4 Å². The molecule has 0 saturated heterocycles. The van der Waals surface area contributed by atoms with Crippen molar-refractivity contribution in [3.63, 3.8) is 0 Å². The standard InChI is InChI=1S/C21H18N4O3S.ClH/c26-18(27)10-11-22-12-14-6-8-15(9-7-14)19-24-20(28-25-19)17-13-29-21(23-17)16-4-2-1-3-5-16;/h1-9,13,22H,10-12H2,(H,26,27);1H. The molecule has 9 heteroatoms. The molecule has 0 aliphatic heterocycles. The molecule has 2 heterocycles. The summed E-state index contributed by atoms with van der Waals surface area (Å²) in [5, 5.41) is 18.6. The molecule has 2 aromatic heterocycles. The van der Waals surface area contributed by atoms with Gasteiger partial charge in [0.15, 0.2) is 0 Å². The fourth-order valence-electron chi connectivity index (χ4n) is 2.73. The number of hydrogen-bond donors (Lipinski definition) is 2. The molecule has 0 atom stereocenters.